The molecule has 2 aromatic carbocycles. The van der Waals surface area contributed by atoms with Crippen molar-refractivity contribution >= 4 is 52.2 Å². The van der Waals surface area contributed by atoms with Crippen molar-refractivity contribution in [3.05, 3.63) is 86.0 Å². The zero-order valence-corrected chi connectivity index (χ0v) is 20.6. The van der Waals surface area contributed by atoms with Gasteiger partial charge in [0.25, 0.3) is 0 Å². The highest BCUT2D eigenvalue weighted by Gasteiger charge is 2.35. The lowest BCUT2D eigenvalue weighted by Crippen LogP contribution is -2.45. The molecule has 0 atom stereocenters. The summed E-state index contributed by atoms with van der Waals surface area (Å²) in [4.78, 5) is 32.3. The van der Waals surface area contributed by atoms with Gasteiger partial charge in [-0.1, -0.05) is 53.5 Å². The molecule has 172 valence electrons. The van der Waals surface area contributed by atoms with E-state index in [1.165, 1.54) is 4.88 Å². The standard InChI is InChI=1S/C25H25Cl2N3O2S/c1-17-7-11-21(33-17)15-29(14-18-5-3-2-4-6-18)24(31)16-30(20-9-10-20)25(32)28-23-12-8-19(26)13-22(23)27/h2-8,11-13,20H,9-10,14-16H2,1H3,(H,28,32). The van der Waals surface area contributed by atoms with Gasteiger partial charge in [-0.05, 0) is 55.7 Å². The SMILES string of the molecule is Cc1ccc(CN(Cc2ccccc2)C(=O)CN(C(=O)Nc2ccc(Cl)cc2Cl)C2CC2)s1. The molecule has 1 aliphatic rings. The van der Waals surface area contributed by atoms with Gasteiger partial charge in [0.2, 0.25) is 5.91 Å². The number of halogens is 2. The summed E-state index contributed by atoms with van der Waals surface area (Å²) in [5.41, 5.74) is 1.52. The Kier molecular flexibility index (Phi) is 7.58. The average Bonchev–Trinajstić information content (AvgIpc) is 3.55. The van der Waals surface area contributed by atoms with E-state index in [1.807, 2.05) is 35.2 Å². The van der Waals surface area contributed by atoms with E-state index in [4.69, 9.17) is 23.2 Å². The molecule has 3 aromatic rings. The van der Waals surface area contributed by atoms with Gasteiger partial charge in [0, 0.05) is 27.4 Å². The first-order chi connectivity index (χ1) is 15.9. The number of rotatable bonds is 8. The monoisotopic (exact) mass is 501 g/mol. The number of aryl methyl sites for hydroxylation is 1. The number of urea groups is 1. The van der Waals surface area contributed by atoms with Crippen molar-refractivity contribution in [1.82, 2.24) is 9.80 Å². The molecule has 1 N–H and O–H groups in total. The van der Waals surface area contributed by atoms with E-state index in [0.29, 0.717) is 28.8 Å². The Labute approximate surface area is 207 Å². The number of carbonyl (C=O) groups is 2. The van der Waals surface area contributed by atoms with E-state index >= 15 is 0 Å². The summed E-state index contributed by atoms with van der Waals surface area (Å²) in [6, 6.07) is 18.7. The molecule has 0 radical (unpaired) electrons. The fourth-order valence-electron chi connectivity index (χ4n) is 3.57. The third-order valence-corrected chi connectivity index (χ3v) is 6.97. The van der Waals surface area contributed by atoms with Crippen LogP contribution in [0.25, 0.3) is 0 Å². The fraction of sp³-hybridized carbons (Fsp3) is 0.280. The molecule has 0 spiro atoms. The fourth-order valence-corrected chi connectivity index (χ4v) is 4.93. The van der Waals surface area contributed by atoms with Crippen LogP contribution in [0.5, 0.6) is 0 Å². The predicted molar refractivity (Wildman–Crippen MR) is 135 cm³/mol. The summed E-state index contributed by atoms with van der Waals surface area (Å²) < 4.78 is 0. The van der Waals surface area contributed by atoms with E-state index < -0.39 is 0 Å². The van der Waals surface area contributed by atoms with Crippen molar-refractivity contribution in [2.75, 3.05) is 11.9 Å². The van der Waals surface area contributed by atoms with Crippen molar-refractivity contribution in [1.29, 1.82) is 0 Å². The second-order valence-electron chi connectivity index (χ2n) is 8.16. The van der Waals surface area contributed by atoms with Crippen molar-refractivity contribution in [3.63, 3.8) is 0 Å². The summed E-state index contributed by atoms with van der Waals surface area (Å²) in [6.07, 6.45) is 1.77. The van der Waals surface area contributed by atoms with Crippen LogP contribution >= 0.6 is 34.5 Å². The quantitative estimate of drug-likeness (QED) is 0.378. The third-order valence-electron chi connectivity index (χ3n) is 5.44. The Morgan fingerprint density at radius 3 is 2.42 bits per heavy atom. The molecule has 4 rings (SSSR count). The summed E-state index contributed by atoms with van der Waals surface area (Å²) in [6.45, 7) is 3.06. The topological polar surface area (TPSA) is 52.7 Å². The van der Waals surface area contributed by atoms with Crippen molar-refractivity contribution < 1.29 is 9.59 Å². The molecule has 0 bridgehead atoms. The van der Waals surface area contributed by atoms with Gasteiger partial charge in [-0.2, -0.15) is 0 Å². The Hall–Kier alpha value is -2.54. The van der Waals surface area contributed by atoms with Gasteiger partial charge in [0.15, 0.2) is 0 Å². The molecular weight excluding hydrogens is 477 g/mol. The first-order valence-corrected chi connectivity index (χ1v) is 12.4. The lowest BCUT2D eigenvalue weighted by molar-refractivity contribution is -0.133. The second-order valence-corrected chi connectivity index (χ2v) is 10.4. The summed E-state index contributed by atoms with van der Waals surface area (Å²) in [7, 11) is 0. The van der Waals surface area contributed by atoms with Gasteiger partial charge in [0.1, 0.15) is 6.54 Å². The molecule has 1 aliphatic carbocycles. The van der Waals surface area contributed by atoms with Crippen LogP contribution in [0.1, 0.15) is 28.2 Å². The van der Waals surface area contributed by atoms with Crippen LogP contribution in [0.2, 0.25) is 10.0 Å². The van der Waals surface area contributed by atoms with Crippen LogP contribution in [-0.4, -0.2) is 34.3 Å². The first kappa shape index (κ1) is 23.6. The van der Waals surface area contributed by atoms with E-state index in [2.05, 4.69) is 24.4 Å². The maximum absolute atomic E-state index is 13.4. The maximum Gasteiger partial charge on any atom is 0.322 e. The summed E-state index contributed by atoms with van der Waals surface area (Å²) >= 11 is 13.9. The van der Waals surface area contributed by atoms with Gasteiger partial charge in [-0.3, -0.25) is 4.79 Å². The minimum atomic E-state index is -0.332. The number of thiophene rings is 1. The Bertz CT molecular complexity index is 1130. The summed E-state index contributed by atoms with van der Waals surface area (Å²) in [5, 5.41) is 3.68. The molecule has 0 unspecified atom stereocenters. The Morgan fingerprint density at radius 1 is 1.03 bits per heavy atom. The highest BCUT2D eigenvalue weighted by molar-refractivity contribution is 7.11. The van der Waals surface area contributed by atoms with Crippen LogP contribution in [0.4, 0.5) is 10.5 Å². The number of carbonyl (C=O) groups excluding carboxylic acids is 2. The van der Waals surface area contributed by atoms with Crippen molar-refractivity contribution in [2.24, 2.45) is 0 Å². The number of hydrogen-bond donors (Lipinski definition) is 1. The highest BCUT2D eigenvalue weighted by atomic mass is 35.5. The predicted octanol–water partition coefficient (Wildman–Crippen LogP) is 6.59. The van der Waals surface area contributed by atoms with Crippen LogP contribution < -0.4 is 5.32 Å². The van der Waals surface area contributed by atoms with Gasteiger partial charge in [0.05, 0.1) is 17.3 Å². The number of nitrogens with zero attached hydrogens (tertiary/aromatic N) is 2. The normalized spacial score (nSPS) is 12.9. The van der Waals surface area contributed by atoms with Crippen LogP contribution in [0.15, 0.2) is 60.7 Å². The van der Waals surface area contributed by atoms with Crippen LogP contribution in [-0.2, 0) is 17.9 Å². The molecule has 1 fully saturated rings. The van der Waals surface area contributed by atoms with Crippen LogP contribution in [0.3, 0.4) is 0 Å². The average molecular weight is 502 g/mol. The molecule has 0 aliphatic heterocycles. The molecule has 0 saturated heterocycles. The van der Waals surface area contributed by atoms with Gasteiger partial charge in [-0.15, -0.1) is 11.3 Å². The molecule has 1 saturated carbocycles. The number of amides is 3. The first-order valence-electron chi connectivity index (χ1n) is 10.8. The minimum Gasteiger partial charge on any atom is -0.332 e. The molecular formula is C25H25Cl2N3O2S. The molecule has 1 heterocycles. The van der Waals surface area contributed by atoms with Crippen molar-refractivity contribution in [2.45, 2.75) is 38.9 Å². The van der Waals surface area contributed by atoms with Crippen molar-refractivity contribution in [3.8, 4) is 0 Å². The maximum atomic E-state index is 13.4. The highest BCUT2D eigenvalue weighted by Crippen LogP contribution is 2.30. The number of benzene rings is 2. The number of hydrogen-bond acceptors (Lipinski definition) is 3. The Balaban J connectivity index is 1.49. The van der Waals surface area contributed by atoms with E-state index in [-0.39, 0.29) is 24.5 Å². The third kappa shape index (κ3) is 6.50. The largest absolute Gasteiger partial charge is 0.332 e. The smallest absolute Gasteiger partial charge is 0.322 e. The Morgan fingerprint density at radius 2 is 1.79 bits per heavy atom. The molecule has 8 heteroatoms. The molecule has 5 nitrogen and oxygen atoms in total. The number of nitrogens with one attached hydrogen (secondary N) is 1. The lowest BCUT2D eigenvalue weighted by atomic mass is 10.2. The van der Waals surface area contributed by atoms with E-state index in [1.54, 1.807) is 34.4 Å². The van der Waals surface area contributed by atoms with E-state index in [0.717, 1.165) is 23.3 Å². The van der Waals surface area contributed by atoms with Gasteiger partial charge < -0.3 is 15.1 Å². The van der Waals surface area contributed by atoms with Gasteiger partial charge in [-0.25, -0.2) is 4.79 Å². The zero-order valence-electron chi connectivity index (χ0n) is 18.3. The number of anilines is 1. The van der Waals surface area contributed by atoms with E-state index in [9.17, 15) is 9.59 Å². The lowest BCUT2D eigenvalue weighted by Gasteiger charge is -2.28. The molecule has 1 aromatic heterocycles. The van der Waals surface area contributed by atoms with Gasteiger partial charge >= 0.3 is 6.03 Å². The van der Waals surface area contributed by atoms with Crippen LogP contribution in [0, 0.1) is 6.92 Å². The second kappa shape index (κ2) is 10.6. The molecule has 33 heavy (non-hydrogen) atoms. The molecule has 3 amide bonds. The summed E-state index contributed by atoms with van der Waals surface area (Å²) in [5.74, 6) is -0.0887. The zero-order chi connectivity index (χ0) is 23.4. The minimum absolute atomic E-state index is 0.0128.